The van der Waals surface area contributed by atoms with Crippen molar-refractivity contribution in [2.45, 2.75) is 63.4 Å². The molecule has 2 saturated heterocycles. The molecule has 4 fully saturated rings. The van der Waals surface area contributed by atoms with E-state index in [1.54, 1.807) is 0 Å². The minimum Gasteiger partial charge on any atom is -0.465 e. The highest BCUT2D eigenvalue weighted by Gasteiger charge is 2.49. The Hall–Kier alpha value is -0.610. The average molecular weight is 266 g/mol. The van der Waals surface area contributed by atoms with E-state index >= 15 is 0 Å². The molecule has 2 heterocycles. The maximum Gasteiger partial charge on any atom is 0.309 e. The van der Waals surface area contributed by atoms with Gasteiger partial charge in [0.05, 0.1) is 36.9 Å². The standard InChI is InChI=1S/C15H22O4/c1-8-4-12-14(19-12)6-10(8)15(16)17-7-9-2-3-11-13(5-9)18-11/h8-14H,2-7H2,1H3. The SMILES string of the molecule is CC1CC2OC2CC1C(=O)OCC1CCC2OC2C1. The summed E-state index contributed by atoms with van der Waals surface area (Å²) >= 11 is 0. The zero-order valence-corrected chi connectivity index (χ0v) is 11.4. The molecule has 19 heavy (non-hydrogen) atoms. The summed E-state index contributed by atoms with van der Waals surface area (Å²) in [5.41, 5.74) is 0. The number of epoxide rings is 2. The molecule has 2 aliphatic carbocycles. The van der Waals surface area contributed by atoms with Crippen molar-refractivity contribution in [3.63, 3.8) is 0 Å². The summed E-state index contributed by atoms with van der Waals surface area (Å²) < 4.78 is 16.6. The third-order valence-electron chi connectivity index (χ3n) is 5.34. The summed E-state index contributed by atoms with van der Waals surface area (Å²) in [6.45, 7) is 2.73. The maximum atomic E-state index is 12.2. The van der Waals surface area contributed by atoms with Crippen molar-refractivity contribution in [2.75, 3.05) is 6.61 Å². The van der Waals surface area contributed by atoms with Gasteiger partial charge in [0, 0.05) is 0 Å². The van der Waals surface area contributed by atoms with Crippen LogP contribution in [0, 0.1) is 17.8 Å². The summed E-state index contributed by atoms with van der Waals surface area (Å²) in [6.07, 6.45) is 7.00. The molecule has 0 N–H and O–H groups in total. The smallest absolute Gasteiger partial charge is 0.309 e. The molecule has 0 amide bonds. The summed E-state index contributed by atoms with van der Waals surface area (Å²) in [5.74, 6) is 0.966. The van der Waals surface area contributed by atoms with Gasteiger partial charge in [-0.15, -0.1) is 0 Å². The van der Waals surface area contributed by atoms with Gasteiger partial charge in [-0.05, 0) is 43.9 Å². The molecule has 0 radical (unpaired) electrons. The molecule has 106 valence electrons. The minimum absolute atomic E-state index is 0.000267. The van der Waals surface area contributed by atoms with Gasteiger partial charge in [0.25, 0.3) is 0 Å². The first-order valence-electron chi connectivity index (χ1n) is 7.68. The second kappa shape index (κ2) is 4.45. The molecule has 4 aliphatic rings. The summed E-state index contributed by atoms with van der Waals surface area (Å²) in [6, 6.07) is 0. The molecule has 7 unspecified atom stereocenters. The monoisotopic (exact) mass is 266 g/mol. The van der Waals surface area contributed by atoms with Gasteiger partial charge in [-0.3, -0.25) is 4.79 Å². The lowest BCUT2D eigenvalue weighted by Crippen LogP contribution is -2.32. The van der Waals surface area contributed by atoms with Crippen molar-refractivity contribution in [3.05, 3.63) is 0 Å². The van der Waals surface area contributed by atoms with Crippen LogP contribution in [-0.4, -0.2) is 37.0 Å². The Morgan fingerprint density at radius 1 is 1.05 bits per heavy atom. The van der Waals surface area contributed by atoms with Crippen LogP contribution in [0.1, 0.15) is 39.0 Å². The van der Waals surface area contributed by atoms with Crippen LogP contribution in [0.25, 0.3) is 0 Å². The molecule has 4 nitrogen and oxygen atoms in total. The number of rotatable bonds is 3. The number of hydrogen-bond acceptors (Lipinski definition) is 4. The van der Waals surface area contributed by atoms with E-state index in [0.717, 1.165) is 32.1 Å². The molecule has 4 heteroatoms. The van der Waals surface area contributed by atoms with Crippen LogP contribution in [0.4, 0.5) is 0 Å². The topological polar surface area (TPSA) is 51.4 Å². The van der Waals surface area contributed by atoms with E-state index in [-0.39, 0.29) is 11.9 Å². The van der Waals surface area contributed by atoms with E-state index in [1.807, 2.05) is 0 Å². The Balaban J connectivity index is 1.26. The molecule has 0 aromatic rings. The van der Waals surface area contributed by atoms with Crippen molar-refractivity contribution in [1.29, 1.82) is 0 Å². The molecule has 0 bridgehead atoms. The van der Waals surface area contributed by atoms with Crippen molar-refractivity contribution in [3.8, 4) is 0 Å². The molecule has 2 aliphatic heterocycles. The summed E-state index contributed by atoms with van der Waals surface area (Å²) in [7, 11) is 0. The molecular weight excluding hydrogens is 244 g/mol. The number of carbonyl (C=O) groups is 1. The van der Waals surface area contributed by atoms with Crippen LogP contribution in [0.5, 0.6) is 0 Å². The highest BCUT2D eigenvalue weighted by molar-refractivity contribution is 5.73. The molecule has 0 spiro atoms. The predicted octanol–water partition coefficient (Wildman–Crippen LogP) is 1.91. The van der Waals surface area contributed by atoms with E-state index in [0.29, 0.717) is 42.9 Å². The number of esters is 1. The molecule has 4 rings (SSSR count). The van der Waals surface area contributed by atoms with Crippen LogP contribution in [-0.2, 0) is 19.0 Å². The van der Waals surface area contributed by atoms with Crippen LogP contribution >= 0.6 is 0 Å². The fourth-order valence-corrected chi connectivity index (χ4v) is 3.88. The summed E-state index contributed by atoms with van der Waals surface area (Å²) in [4.78, 5) is 12.2. The predicted molar refractivity (Wildman–Crippen MR) is 67.5 cm³/mol. The largest absolute Gasteiger partial charge is 0.465 e. The third-order valence-corrected chi connectivity index (χ3v) is 5.34. The third kappa shape index (κ3) is 2.40. The highest BCUT2D eigenvalue weighted by atomic mass is 16.6. The molecular formula is C15H22O4. The first-order valence-corrected chi connectivity index (χ1v) is 7.68. The number of carbonyl (C=O) groups excluding carboxylic acids is 1. The maximum absolute atomic E-state index is 12.2. The van der Waals surface area contributed by atoms with Gasteiger partial charge in [-0.2, -0.15) is 0 Å². The van der Waals surface area contributed by atoms with Gasteiger partial charge in [-0.1, -0.05) is 6.92 Å². The molecule has 0 aromatic carbocycles. The fraction of sp³-hybridized carbons (Fsp3) is 0.933. The van der Waals surface area contributed by atoms with Gasteiger partial charge < -0.3 is 14.2 Å². The summed E-state index contributed by atoms with van der Waals surface area (Å²) in [5, 5.41) is 0. The van der Waals surface area contributed by atoms with Gasteiger partial charge >= 0.3 is 5.97 Å². The lowest BCUT2D eigenvalue weighted by molar-refractivity contribution is -0.152. The lowest BCUT2D eigenvalue weighted by atomic mass is 9.80. The van der Waals surface area contributed by atoms with E-state index in [1.165, 1.54) is 0 Å². The fourth-order valence-electron chi connectivity index (χ4n) is 3.88. The zero-order chi connectivity index (χ0) is 13.0. The number of ether oxygens (including phenoxy) is 3. The van der Waals surface area contributed by atoms with Crippen LogP contribution in [0.2, 0.25) is 0 Å². The number of hydrogen-bond donors (Lipinski definition) is 0. The van der Waals surface area contributed by atoms with Gasteiger partial charge in [0.2, 0.25) is 0 Å². The Bertz CT molecular complexity index is 382. The molecule has 7 atom stereocenters. The molecule has 2 saturated carbocycles. The van der Waals surface area contributed by atoms with Crippen LogP contribution in [0.15, 0.2) is 0 Å². The van der Waals surface area contributed by atoms with E-state index in [2.05, 4.69) is 6.92 Å². The first kappa shape index (κ1) is 12.2. The van der Waals surface area contributed by atoms with Crippen LogP contribution < -0.4 is 0 Å². The Morgan fingerprint density at radius 3 is 2.63 bits per heavy atom. The zero-order valence-electron chi connectivity index (χ0n) is 11.4. The number of fused-ring (bicyclic) bond motifs is 2. The minimum atomic E-state index is 0.000267. The normalized spacial score (nSPS) is 50.9. The Kier molecular flexibility index (Phi) is 2.85. The highest BCUT2D eigenvalue weighted by Crippen LogP contribution is 2.43. The lowest BCUT2D eigenvalue weighted by Gasteiger charge is -2.26. The Morgan fingerprint density at radius 2 is 1.79 bits per heavy atom. The quantitative estimate of drug-likeness (QED) is 0.578. The Labute approximate surface area is 113 Å². The second-order valence-corrected chi connectivity index (χ2v) is 6.79. The van der Waals surface area contributed by atoms with Crippen LogP contribution in [0.3, 0.4) is 0 Å². The van der Waals surface area contributed by atoms with E-state index in [9.17, 15) is 4.79 Å². The van der Waals surface area contributed by atoms with Crippen molar-refractivity contribution < 1.29 is 19.0 Å². The van der Waals surface area contributed by atoms with E-state index in [4.69, 9.17) is 14.2 Å². The van der Waals surface area contributed by atoms with Gasteiger partial charge in [-0.25, -0.2) is 0 Å². The average Bonchev–Trinajstić information content (AvgIpc) is 3.28. The van der Waals surface area contributed by atoms with Gasteiger partial charge in [0.15, 0.2) is 0 Å². The second-order valence-electron chi connectivity index (χ2n) is 6.79. The van der Waals surface area contributed by atoms with Crippen molar-refractivity contribution in [2.24, 2.45) is 17.8 Å². The molecule has 0 aromatic heterocycles. The first-order chi connectivity index (χ1) is 9.20. The van der Waals surface area contributed by atoms with Crippen molar-refractivity contribution >= 4 is 5.97 Å². The van der Waals surface area contributed by atoms with Crippen molar-refractivity contribution in [1.82, 2.24) is 0 Å². The van der Waals surface area contributed by atoms with Gasteiger partial charge in [0.1, 0.15) is 0 Å². The van der Waals surface area contributed by atoms with E-state index < -0.39 is 0 Å².